The molecule has 2 atom stereocenters. The van der Waals surface area contributed by atoms with Gasteiger partial charge in [-0.3, -0.25) is 9.59 Å². The number of likely N-dealkylation sites (N-methyl/N-ethyl adjacent to an activating group) is 2. The first kappa shape index (κ1) is 21.6. The van der Waals surface area contributed by atoms with Gasteiger partial charge in [0.25, 0.3) is 0 Å². The van der Waals surface area contributed by atoms with Crippen LogP contribution in [-0.4, -0.2) is 44.2 Å². The summed E-state index contributed by atoms with van der Waals surface area (Å²) in [6.45, 7) is 1.76. The van der Waals surface area contributed by atoms with Crippen molar-refractivity contribution in [3.05, 3.63) is 71.8 Å². The van der Waals surface area contributed by atoms with Crippen molar-refractivity contribution in [3.8, 4) is 0 Å². The Kier molecular flexibility index (Phi) is 8.65. The largest absolute Gasteiger partial charge is 0.335 e. The summed E-state index contributed by atoms with van der Waals surface area (Å²) in [5.41, 5.74) is 2.15. The van der Waals surface area contributed by atoms with E-state index in [1.165, 1.54) is 0 Å². The second-order valence-electron chi connectivity index (χ2n) is 6.80. The van der Waals surface area contributed by atoms with Crippen molar-refractivity contribution in [3.63, 3.8) is 0 Å². The van der Waals surface area contributed by atoms with Gasteiger partial charge in [0.1, 0.15) is 0 Å². The first-order chi connectivity index (χ1) is 13.5. The van der Waals surface area contributed by atoms with Crippen LogP contribution in [0.1, 0.15) is 18.1 Å². The van der Waals surface area contributed by atoms with E-state index < -0.39 is 6.17 Å². The van der Waals surface area contributed by atoms with Crippen LogP contribution >= 0.6 is 0 Å². The molecule has 28 heavy (non-hydrogen) atoms. The van der Waals surface area contributed by atoms with Crippen molar-refractivity contribution < 1.29 is 9.59 Å². The maximum Gasteiger partial charge on any atom is 0.239 e. The number of rotatable bonds is 10. The SMILES string of the molecule is CN[C@@H](Cc1ccccc1)C(=O)NC(C)NC(=O)[C@H](Cc1ccccc1)NC. The lowest BCUT2D eigenvalue weighted by Gasteiger charge is -2.23. The molecule has 6 heteroatoms. The zero-order valence-electron chi connectivity index (χ0n) is 16.7. The average molecular weight is 383 g/mol. The van der Waals surface area contributed by atoms with Crippen LogP contribution in [0.4, 0.5) is 0 Å². The Morgan fingerprint density at radius 3 is 1.39 bits per heavy atom. The van der Waals surface area contributed by atoms with E-state index >= 15 is 0 Å². The van der Waals surface area contributed by atoms with Crippen molar-refractivity contribution in [1.29, 1.82) is 0 Å². The Bertz CT molecular complexity index is 673. The van der Waals surface area contributed by atoms with E-state index in [-0.39, 0.29) is 23.9 Å². The molecule has 2 amide bonds. The van der Waals surface area contributed by atoms with Crippen molar-refractivity contribution in [1.82, 2.24) is 21.3 Å². The Morgan fingerprint density at radius 1 is 0.714 bits per heavy atom. The number of amides is 2. The van der Waals surface area contributed by atoms with Crippen molar-refractivity contribution in [2.45, 2.75) is 38.0 Å². The molecule has 0 radical (unpaired) electrons. The van der Waals surface area contributed by atoms with Crippen LogP contribution in [0.15, 0.2) is 60.7 Å². The highest BCUT2D eigenvalue weighted by atomic mass is 16.2. The topological polar surface area (TPSA) is 82.3 Å². The summed E-state index contributed by atoms with van der Waals surface area (Å²) in [7, 11) is 3.51. The predicted octanol–water partition coefficient (Wildman–Crippen LogP) is 1.23. The van der Waals surface area contributed by atoms with E-state index in [4.69, 9.17) is 0 Å². The normalized spacial score (nSPS) is 13.0. The van der Waals surface area contributed by atoms with Crippen molar-refractivity contribution in [2.75, 3.05) is 14.1 Å². The molecule has 2 rings (SSSR count). The van der Waals surface area contributed by atoms with E-state index in [1.54, 1.807) is 21.0 Å². The zero-order valence-corrected chi connectivity index (χ0v) is 16.7. The highest BCUT2D eigenvalue weighted by molar-refractivity contribution is 5.85. The first-order valence-corrected chi connectivity index (χ1v) is 9.56. The molecule has 6 nitrogen and oxygen atoms in total. The van der Waals surface area contributed by atoms with Crippen molar-refractivity contribution in [2.24, 2.45) is 0 Å². The molecule has 0 spiro atoms. The monoisotopic (exact) mass is 382 g/mol. The summed E-state index contributed by atoms with van der Waals surface area (Å²) in [5, 5.41) is 11.8. The minimum atomic E-state index is -0.474. The summed E-state index contributed by atoms with van der Waals surface area (Å²) >= 11 is 0. The van der Waals surface area contributed by atoms with Crippen LogP contribution < -0.4 is 21.3 Å². The lowest BCUT2D eigenvalue weighted by molar-refractivity contribution is -0.126. The van der Waals surface area contributed by atoms with E-state index in [0.717, 1.165) is 11.1 Å². The van der Waals surface area contributed by atoms with Crippen LogP contribution in [0.5, 0.6) is 0 Å². The molecule has 0 aromatic heterocycles. The number of hydrogen-bond donors (Lipinski definition) is 4. The quantitative estimate of drug-likeness (QED) is 0.466. The third-order valence-electron chi connectivity index (χ3n) is 4.61. The summed E-state index contributed by atoms with van der Waals surface area (Å²) in [6, 6.07) is 18.9. The number of benzene rings is 2. The molecule has 0 aliphatic heterocycles. The van der Waals surface area contributed by atoms with E-state index in [0.29, 0.717) is 12.8 Å². The fourth-order valence-corrected chi connectivity index (χ4v) is 3.02. The van der Waals surface area contributed by atoms with Crippen LogP contribution in [0.2, 0.25) is 0 Å². The number of hydrogen-bond acceptors (Lipinski definition) is 4. The van der Waals surface area contributed by atoms with Gasteiger partial charge in [0, 0.05) is 0 Å². The molecule has 150 valence electrons. The predicted molar refractivity (Wildman–Crippen MR) is 112 cm³/mol. The third-order valence-corrected chi connectivity index (χ3v) is 4.61. The number of carbonyl (C=O) groups is 2. The van der Waals surface area contributed by atoms with Gasteiger partial charge in [0.2, 0.25) is 11.8 Å². The summed E-state index contributed by atoms with van der Waals surface area (Å²) < 4.78 is 0. The zero-order chi connectivity index (χ0) is 20.4. The van der Waals surface area contributed by atoms with Gasteiger partial charge in [-0.15, -0.1) is 0 Å². The summed E-state index contributed by atoms with van der Waals surface area (Å²) in [6.07, 6.45) is 0.687. The van der Waals surface area contributed by atoms with Gasteiger partial charge in [0.05, 0.1) is 18.2 Å². The van der Waals surface area contributed by atoms with Crippen molar-refractivity contribution >= 4 is 11.8 Å². The van der Waals surface area contributed by atoms with Crippen LogP contribution in [0.3, 0.4) is 0 Å². The average Bonchev–Trinajstić information content (AvgIpc) is 2.71. The second kappa shape index (κ2) is 11.2. The van der Waals surface area contributed by atoms with Crippen LogP contribution in [0, 0.1) is 0 Å². The molecule has 2 aromatic carbocycles. The molecule has 4 N–H and O–H groups in total. The lowest BCUT2D eigenvalue weighted by atomic mass is 10.1. The minimum absolute atomic E-state index is 0.150. The Labute approximate surface area is 167 Å². The smallest absolute Gasteiger partial charge is 0.239 e. The first-order valence-electron chi connectivity index (χ1n) is 9.56. The molecule has 0 bridgehead atoms. The fraction of sp³-hybridized carbons (Fsp3) is 0.364. The molecule has 2 aromatic rings. The van der Waals surface area contributed by atoms with E-state index in [1.807, 2.05) is 60.7 Å². The van der Waals surface area contributed by atoms with Gasteiger partial charge in [-0.2, -0.15) is 0 Å². The Balaban J connectivity index is 1.87. The number of nitrogens with one attached hydrogen (secondary N) is 4. The highest BCUT2D eigenvalue weighted by Gasteiger charge is 2.22. The van der Waals surface area contributed by atoms with Gasteiger partial charge >= 0.3 is 0 Å². The summed E-state index contributed by atoms with van der Waals surface area (Å²) in [4.78, 5) is 25.1. The molecule has 0 aliphatic carbocycles. The van der Waals surface area contributed by atoms with E-state index in [2.05, 4.69) is 21.3 Å². The minimum Gasteiger partial charge on any atom is -0.335 e. The maximum absolute atomic E-state index is 12.6. The van der Waals surface area contributed by atoms with E-state index in [9.17, 15) is 9.59 Å². The van der Waals surface area contributed by atoms with Crippen LogP contribution in [-0.2, 0) is 22.4 Å². The standard InChI is InChI=1S/C22H30N4O2/c1-16(25-21(27)19(23-2)14-17-10-6-4-7-11-17)26-22(28)20(24-3)15-18-12-8-5-9-13-18/h4-13,16,19-20,23-24H,14-15H2,1-3H3,(H,25,27)(H,26,28)/t19-,20-/m0/s1. The number of carbonyl (C=O) groups excluding carboxylic acids is 2. The molecular formula is C22H30N4O2. The Hall–Kier alpha value is -2.70. The Morgan fingerprint density at radius 2 is 1.07 bits per heavy atom. The molecule has 0 unspecified atom stereocenters. The molecule has 0 aliphatic rings. The van der Waals surface area contributed by atoms with Gasteiger partial charge in [0.15, 0.2) is 0 Å². The lowest BCUT2D eigenvalue weighted by Crippen LogP contribution is -2.55. The van der Waals surface area contributed by atoms with Gasteiger partial charge in [-0.25, -0.2) is 0 Å². The van der Waals surface area contributed by atoms with Crippen LogP contribution in [0.25, 0.3) is 0 Å². The molecule has 0 fully saturated rings. The van der Waals surface area contributed by atoms with Gasteiger partial charge in [-0.05, 0) is 45.0 Å². The molecule has 0 heterocycles. The summed E-state index contributed by atoms with van der Waals surface area (Å²) in [5.74, 6) is -0.300. The second-order valence-corrected chi connectivity index (χ2v) is 6.80. The van der Waals surface area contributed by atoms with Gasteiger partial charge in [-0.1, -0.05) is 60.7 Å². The molecule has 0 saturated heterocycles. The highest BCUT2D eigenvalue weighted by Crippen LogP contribution is 2.05. The third kappa shape index (κ3) is 6.79. The molecular weight excluding hydrogens is 352 g/mol. The molecule has 0 saturated carbocycles. The van der Waals surface area contributed by atoms with Gasteiger partial charge < -0.3 is 21.3 Å². The maximum atomic E-state index is 12.6. The fourth-order valence-electron chi connectivity index (χ4n) is 3.02.